The molecule has 0 spiro atoms. The summed E-state index contributed by atoms with van der Waals surface area (Å²) in [5, 5.41) is 3.07. The van der Waals surface area contributed by atoms with Crippen molar-refractivity contribution in [2.75, 3.05) is 39.4 Å². The quantitative estimate of drug-likeness (QED) is 0.858. The van der Waals surface area contributed by atoms with Crippen molar-refractivity contribution in [2.45, 2.75) is 32.0 Å². The number of hydrogen-bond acceptors (Lipinski definition) is 5. The van der Waals surface area contributed by atoms with Crippen molar-refractivity contribution in [3.8, 4) is 0 Å². The third-order valence-electron chi connectivity index (χ3n) is 4.77. The Bertz CT molecular complexity index is 572. The summed E-state index contributed by atoms with van der Waals surface area (Å²) in [5.74, 6) is 0.725. The molecule has 3 rings (SSSR count). The van der Waals surface area contributed by atoms with Gasteiger partial charge >= 0.3 is 0 Å². The van der Waals surface area contributed by atoms with E-state index in [0.717, 1.165) is 38.5 Å². The average molecular weight is 336 g/mol. The van der Waals surface area contributed by atoms with E-state index in [1.54, 1.807) is 6.20 Å². The van der Waals surface area contributed by atoms with Gasteiger partial charge in [-0.05, 0) is 20.3 Å². The first-order valence-corrected chi connectivity index (χ1v) is 8.69. The van der Waals surface area contributed by atoms with Crippen LogP contribution in [-0.4, -0.2) is 65.4 Å². The van der Waals surface area contributed by atoms with Gasteiger partial charge in [-0.2, -0.15) is 0 Å². The molecule has 1 aromatic heterocycles. The second kappa shape index (κ2) is 7.21. The Balaban J connectivity index is 1.49. The number of carbonyl (C=O) groups excluding carboxylic acids is 1. The van der Waals surface area contributed by atoms with Gasteiger partial charge in [-0.15, -0.1) is 0 Å². The van der Waals surface area contributed by atoms with Gasteiger partial charge in [0.05, 0.1) is 18.1 Å². The Hall–Kier alpha value is -1.44. The van der Waals surface area contributed by atoms with Crippen LogP contribution in [0.2, 0.25) is 0 Å². The van der Waals surface area contributed by atoms with Gasteiger partial charge < -0.3 is 19.4 Å². The molecule has 0 aromatic carbocycles. The van der Waals surface area contributed by atoms with E-state index in [2.05, 4.69) is 29.0 Å². The number of nitrogens with zero attached hydrogens (tertiary/aromatic N) is 3. The maximum Gasteiger partial charge on any atom is 0.226 e. The summed E-state index contributed by atoms with van der Waals surface area (Å²) < 4.78 is 13.4. The monoisotopic (exact) mass is 336 g/mol. The molecule has 7 heteroatoms. The van der Waals surface area contributed by atoms with Crippen molar-refractivity contribution in [2.24, 2.45) is 13.0 Å². The van der Waals surface area contributed by atoms with Gasteiger partial charge in [0.1, 0.15) is 11.9 Å². The summed E-state index contributed by atoms with van der Waals surface area (Å²) in [6.45, 7) is 8.87. The predicted molar refractivity (Wildman–Crippen MR) is 89.5 cm³/mol. The van der Waals surface area contributed by atoms with E-state index in [4.69, 9.17) is 9.47 Å². The molecule has 3 heterocycles. The van der Waals surface area contributed by atoms with Crippen LogP contribution >= 0.6 is 0 Å². The molecular weight excluding hydrogens is 308 g/mol. The summed E-state index contributed by atoms with van der Waals surface area (Å²) in [7, 11) is 1.93. The fraction of sp³-hybridized carbons (Fsp3) is 0.765. The fourth-order valence-corrected chi connectivity index (χ4v) is 3.54. The number of aromatic nitrogens is 2. The highest BCUT2D eigenvalue weighted by Crippen LogP contribution is 2.33. The van der Waals surface area contributed by atoms with Crippen molar-refractivity contribution < 1.29 is 14.3 Å². The lowest BCUT2D eigenvalue weighted by Gasteiger charge is -2.38. The van der Waals surface area contributed by atoms with Crippen LogP contribution in [0.15, 0.2) is 12.4 Å². The van der Waals surface area contributed by atoms with Crippen molar-refractivity contribution in [3.63, 3.8) is 0 Å². The van der Waals surface area contributed by atoms with Crippen molar-refractivity contribution >= 4 is 5.91 Å². The molecule has 134 valence electrons. The fourth-order valence-electron chi connectivity index (χ4n) is 3.54. The lowest BCUT2D eigenvalue weighted by Crippen LogP contribution is -2.50. The number of morpholine rings is 1. The Kier molecular flexibility index (Phi) is 5.22. The molecule has 2 fully saturated rings. The Labute approximate surface area is 143 Å². The van der Waals surface area contributed by atoms with Crippen LogP contribution in [-0.2, 0) is 21.3 Å². The van der Waals surface area contributed by atoms with Crippen LogP contribution in [0, 0.1) is 5.92 Å². The Morgan fingerprint density at radius 3 is 3.00 bits per heavy atom. The van der Waals surface area contributed by atoms with Gasteiger partial charge in [0.25, 0.3) is 0 Å². The van der Waals surface area contributed by atoms with E-state index >= 15 is 0 Å². The van der Waals surface area contributed by atoms with Gasteiger partial charge in [-0.1, -0.05) is 0 Å². The molecule has 0 bridgehead atoms. The highest BCUT2D eigenvalue weighted by Gasteiger charge is 2.37. The SMILES string of the molecule is Cn1ccnc1[C@@H]1OCC[C@H]1C(=O)NCCN1CCOC(C)(C)C1. The molecule has 24 heavy (non-hydrogen) atoms. The minimum absolute atomic E-state index is 0.0630. The molecule has 0 aliphatic carbocycles. The summed E-state index contributed by atoms with van der Waals surface area (Å²) in [6.07, 6.45) is 4.12. The number of hydrogen-bond donors (Lipinski definition) is 1. The minimum Gasteiger partial charge on any atom is -0.373 e. The van der Waals surface area contributed by atoms with Crippen molar-refractivity contribution in [3.05, 3.63) is 18.2 Å². The average Bonchev–Trinajstić information content (AvgIpc) is 3.14. The smallest absolute Gasteiger partial charge is 0.226 e. The molecule has 0 unspecified atom stereocenters. The highest BCUT2D eigenvalue weighted by atomic mass is 16.5. The van der Waals surface area contributed by atoms with Crippen LogP contribution in [0.3, 0.4) is 0 Å². The van der Waals surface area contributed by atoms with E-state index in [0.29, 0.717) is 13.2 Å². The zero-order chi connectivity index (χ0) is 17.2. The predicted octanol–water partition coefficient (Wildman–Crippen LogP) is 0.725. The molecule has 2 atom stereocenters. The van der Waals surface area contributed by atoms with Crippen LogP contribution in [0.25, 0.3) is 0 Å². The molecule has 1 N–H and O–H groups in total. The van der Waals surface area contributed by atoms with E-state index < -0.39 is 0 Å². The highest BCUT2D eigenvalue weighted by molar-refractivity contribution is 5.79. The topological polar surface area (TPSA) is 68.6 Å². The van der Waals surface area contributed by atoms with E-state index in [-0.39, 0.29) is 23.5 Å². The number of imidazole rings is 1. The first kappa shape index (κ1) is 17.4. The maximum atomic E-state index is 12.6. The second-order valence-corrected chi connectivity index (χ2v) is 7.26. The molecule has 0 saturated carbocycles. The standard InChI is InChI=1S/C17H28N4O3/c1-17(2)12-21(9-11-24-17)8-6-19-16(22)13-4-10-23-14(13)15-18-5-7-20(15)3/h5,7,13-14H,4,6,8-12H2,1-3H3,(H,19,22)/t13-,14-/m1/s1. The lowest BCUT2D eigenvalue weighted by atomic mass is 10.00. The van der Waals surface area contributed by atoms with Gasteiger partial charge in [0.15, 0.2) is 0 Å². The van der Waals surface area contributed by atoms with Crippen LogP contribution in [0.5, 0.6) is 0 Å². The third kappa shape index (κ3) is 3.96. The number of amides is 1. The lowest BCUT2D eigenvalue weighted by molar-refractivity contribution is -0.127. The number of rotatable bonds is 5. The van der Waals surface area contributed by atoms with E-state index in [1.807, 2.05) is 17.8 Å². The summed E-state index contributed by atoms with van der Waals surface area (Å²) in [5.41, 5.74) is -0.106. The van der Waals surface area contributed by atoms with Gasteiger partial charge in [-0.25, -0.2) is 4.98 Å². The van der Waals surface area contributed by atoms with Crippen LogP contribution in [0.4, 0.5) is 0 Å². The third-order valence-corrected chi connectivity index (χ3v) is 4.77. The normalized spacial score (nSPS) is 27.3. The Morgan fingerprint density at radius 1 is 1.46 bits per heavy atom. The number of carbonyl (C=O) groups is 1. The molecule has 1 amide bonds. The van der Waals surface area contributed by atoms with Gasteiger partial charge in [0, 0.05) is 52.2 Å². The molecule has 2 aliphatic rings. The second-order valence-electron chi connectivity index (χ2n) is 7.26. The van der Waals surface area contributed by atoms with Crippen molar-refractivity contribution in [1.29, 1.82) is 0 Å². The molecule has 0 radical (unpaired) electrons. The zero-order valence-electron chi connectivity index (χ0n) is 14.8. The molecule has 7 nitrogen and oxygen atoms in total. The van der Waals surface area contributed by atoms with Crippen LogP contribution in [0.1, 0.15) is 32.2 Å². The molecular formula is C17H28N4O3. The maximum absolute atomic E-state index is 12.6. The number of nitrogens with one attached hydrogen (secondary N) is 1. The summed E-state index contributed by atoms with van der Waals surface area (Å²) in [4.78, 5) is 19.2. The van der Waals surface area contributed by atoms with Gasteiger partial charge in [-0.3, -0.25) is 9.69 Å². The van der Waals surface area contributed by atoms with Gasteiger partial charge in [0.2, 0.25) is 5.91 Å². The zero-order valence-corrected chi connectivity index (χ0v) is 14.8. The Morgan fingerprint density at radius 2 is 2.29 bits per heavy atom. The largest absolute Gasteiger partial charge is 0.373 e. The minimum atomic E-state index is -0.243. The van der Waals surface area contributed by atoms with Crippen LogP contribution < -0.4 is 5.32 Å². The first-order valence-electron chi connectivity index (χ1n) is 8.69. The van der Waals surface area contributed by atoms with Crippen molar-refractivity contribution in [1.82, 2.24) is 19.8 Å². The first-order chi connectivity index (χ1) is 11.5. The van der Waals surface area contributed by atoms with E-state index in [9.17, 15) is 4.79 Å². The van der Waals surface area contributed by atoms with E-state index in [1.165, 1.54) is 0 Å². The molecule has 2 aliphatic heterocycles. The number of ether oxygens (including phenoxy) is 2. The summed E-state index contributed by atoms with van der Waals surface area (Å²) in [6, 6.07) is 0. The molecule has 1 aromatic rings. The molecule has 2 saturated heterocycles. The number of aryl methyl sites for hydroxylation is 1. The summed E-state index contributed by atoms with van der Waals surface area (Å²) >= 11 is 0.